The van der Waals surface area contributed by atoms with Gasteiger partial charge in [-0.25, -0.2) is 9.18 Å². The van der Waals surface area contributed by atoms with E-state index >= 15 is 0 Å². The zero-order chi connectivity index (χ0) is 16.1. The molecular weight excluding hydrogens is 329 g/mol. The Balaban J connectivity index is 2.00. The molecule has 114 valence electrons. The molecule has 2 rings (SSSR count). The molecule has 0 radical (unpaired) electrons. The van der Waals surface area contributed by atoms with Gasteiger partial charge >= 0.3 is 5.97 Å². The minimum atomic E-state index is -1.12. The largest absolute Gasteiger partial charge is 0.478 e. The van der Waals surface area contributed by atoms with Gasteiger partial charge in [0.25, 0.3) is 5.24 Å². The quantitative estimate of drug-likeness (QED) is 0.851. The van der Waals surface area contributed by atoms with Crippen LogP contribution in [0.3, 0.4) is 0 Å². The normalized spacial score (nSPS) is 10.3. The first-order chi connectivity index (χ1) is 10.5. The van der Waals surface area contributed by atoms with Crippen molar-refractivity contribution in [1.29, 1.82) is 0 Å². The number of carbonyl (C=O) groups excluding carboxylic acids is 1. The van der Waals surface area contributed by atoms with Crippen LogP contribution in [0.2, 0.25) is 5.02 Å². The monoisotopic (exact) mass is 339 g/mol. The molecule has 2 aromatic carbocycles. The molecule has 7 heteroatoms. The highest BCUT2D eigenvalue weighted by Crippen LogP contribution is 2.24. The topological polar surface area (TPSA) is 66.4 Å². The molecule has 0 spiro atoms. The van der Waals surface area contributed by atoms with E-state index in [2.05, 4.69) is 5.32 Å². The Morgan fingerprint density at radius 1 is 1.23 bits per heavy atom. The van der Waals surface area contributed by atoms with Crippen molar-refractivity contribution in [1.82, 2.24) is 0 Å². The van der Waals surface area contributed by atoms with Gasteiger partial charge in [-0.1, -0.05) is 41.6 Å². The van der Waals surface area contributed by atoms with Crippen LogP contribution in [0.1, 0.15) is 15.9 Å². The van der Waals surface area contributed by atoms with Gasteiger partial charge in [0.05, 0.1) is 11.3 Å². The molecule has 0 fully saturated rings. The lowest BCUT2D eigenvalue weighted by atomic mass is 10.2. The van der Waals surface area contributed by atoms with Crippen molar-refractivity contribution in [3.63, 3.8) is 0 Å². The molecule has 4 nitrogen and oxygen atoms in total. The van der Waals surface area contributed by atoms with E-state index in [1.165, 1.54) is 30.3 Å². The molecule has 0 bridgehead atoms. The van der Waals surface area contributed by atoms with Gasteiger partial charge in [-0.15, -0.1) is 0 Å². The number of hydrogen-bond acceptors (Lipinski definition) is 3. The average molecular weight is 340 g/mol. The van der Waals surface area contributed by atoms with Gasteiger partial charge in [0.2, 0.25) is 0 Å². The molecule has 0 saturated carbocycles. The Morgan fingerprint density at radius 2 is 1.95 bits per heavy atom. The Labute approximate surface area is 135 Å². The fourth-order valence-electron chi connectivity index (χ4n) is 1.71. The summed E-state index contributed by atoms with van der Waals surface area (Å²) in [7, 11) is 0. The van der Waals surface area contributed by atoms with Gasteiger partial charge in [-0.3, -0.25) is 4.79 Å². The fraction of sp³-hybridized carbons (Fsp3) is 0.0667. The SMILES string of the molecule is O=C(Nc1ccccc1C(=O)O)SCc1ccc(F)cc1Cl. The molecule has 0 aliphatic heterocycles. The summed E-state index contributed by atoms with van der Waals surface area (Å²) in [5, 5.41) is 11.4. The first-order valence-electron chi connectivity index (χ1n) is 6.17. The number of hydrogen-bond donors (Lipinski definition) is 2. The summed E-state index contributed by atoms with van der Waals surface area (Å²) in [6.45, 7) is 0. The van der Waals surface area contributed by atoms with E-state index in [4.69, 9.17) is 16.7 Å². The Morgan fingerprint density at radius 3 is 2.64 bits per heavy atom. The Kier molecular flexibility index (Phi) is 5.41. The Bertz CT molecular complexity index is 724. The Hall–Kier alpha value is -2.05. The van der Waals surface area contributed by atoms with Crippen LogP contribution >= 0.6 is 23.4 Å². The van der Waals surface area contributed by atoms with E-state index in [0.717, 1.165) is 11.8 Å². The smallest absolute Gasteiger partial charge is 0.337 e. The van der Waals surface area contributed by atoms with E-state index in [1.54, 1.807) is 12.1 Å². The molecule has 0 saturated heterocycles. The third kappa shape index (κ3) is 4.22. The molecular formula is C15H11ClFNO3S. The second kappa shape index (κ2) is 7.29. The van der Waals surface area contributed by atoms with Gasteiger partial charge in [0.1, 0.15) is 5.82 Å². The second-order valence-electron chi connectivity index (χ2n) is 4.29. The van der Waals surface area contributed by atoms with Gasteiger partial charge in [0.15, 0.2) is 0 Å². The molecule has 0 unspecified atom stereocenters. The number of aromatic carboxylic acids is 1. The summed E-state index contributed by atoms with van der Waals surface area (Å²) in [4.78, 5) is 22.9. The number of carbonyl (C=O) groups is 2. The highest BCUT2D eigenvalue weighted by atomic mass is 35.5. The standard InChI is InChI=1S/C15H11ClFNO3S/c16-12-7-10(17)6-5-9(12)8-22-15(21)18-13-4-2-1-3-11(13)14(19)20/h1-7H,8H2,(H,18,21)(H,19,20). The minimum absolute atomic E-state index is 0.0104. The summed E-state index contributed by atoms with van der Waals surface area (Å²) in [5.74, 6) is -1.32. The third-order valence-electron chi connectivity index (χ3n) is 2.77. The van der Waals surface area contributed by atoms with Gasteiger partial charge in [0, 0.05) is 10.8 Å². The van der Waals surface area contributed by atoms with Crippen LogP contribution in [0.4, 0.5) is 14.9 Å². The zero-order valence-electron chi connectivity index (χ0n) is 11.2. The predicted octanol–water partition coefficient (Wildman–Crippen LogP) is 4.64. The van der Waals surface area contributed by atoms with Crippen molar-refractivity contribution < 1.29 is 19.1 Å². The van der Waals surface area contributed by atoms with Crippen molar-refractivity contribution in [2.75, 3.05) is 5.32 Å². The molecule has 2 N–H and O–H groups in total. The second-order valence-corrected chi connectivity index (χ2v) is 5.64. The number of para-hydroxylation sites is 1. The van der Waals surface area contributed by atoms with Crippen LogP contribution in [0.15, 0.2) is 42.5 Å². The first kappa shape index (κ1) is 16.3. The number of benzene rings is 2. The van der Waals surface area contributed by atoms with Crippen molar-refractivity contribution in [2.24, 2.45) is 0 Å². The van der Waals surface area contributed by atoms with Crippen LogP contribution in [0.5, 0.6) is 0 Å². The van der Waals surface area contributed by atoms with E-state index in [1.807, 2.05) is 0 Å². The summed E-state index contributed by atoms with van der Waals surface area (Å²) < 4.78 is 12.9. The summed E-state index contributed by atoms with van der Waals surface area (Å²) in [6, 6.07) is 10.1. The average Bonchev–Trinajstić information content (AvgIpc) is 2.46. The molecule has 22 heavy (non-hydrogen) atoms. The maximum absolute atomic E-state index is 12.9. The van der Waals surface area contributed by atoms with Crippen LogP contribution < -0.4 is 5.32 Å². The first-order valence-corrected chi connectivity index (χ1v) is 7.54. The van der Waals surface area contributed by atoms with Crippen LogP contribution in [-0.2, 0) is 5.75 Å². The third-order valence-corrected chi connectivity index (χ3v) is 3.94. The number of thioether (sulfide) groups is 1. The van der Waals surface area contributed by atoms with Crippen LogP contribution in [0.25, 0.3) is 0 Å². The summed E-state index contributed by atoms with van der Waals surface area (Å²) in [6.07, 6.45) is 0. The van der Waals surface area contributed by atoms with E-state index in [0.29, 0.717) is 5.56 Å². The van der Waals surface area contributed by atoms with Gasteiger partial charge in [-0.05, 0) is 29.8 Å². The minimum Gasteiger partial charge on any atom is -0.478 e. The van der Waals surface area contributed by atoms with E-state index < -0.39 is 17.0 Å². The number of carboxylic acids is 1. The maximum Gasteiger partial charge on any atom is 0.337 e. The lowest BCUT2D eigenvalue weighted by molar-refractivity contribution is 0.0698. The summed E-state index contributed by atoms with van der Waals surface area (Å²) in [5.41, 5.74) is 0.851. The number of nitrogens with one attached hydrogen (secondary N) is 1. The number of amides is 1. The lowest BCUT2D eigenvalue weighted by Gasteiger charge is -2.08. The number of halogens is 2. The number of anilines is 1. The van der Waals surface area contributed by atoms with Crippen molar-refractivity contribution in [2.45, 2.75) is 5.75 Å². The molecule has 0 atom stereocenters. The van der Waals surface area contributed by atoms with E-state index in [-0.39, 0.29) is 22.0 Å². The fourth-order valence-corrected chi connectivity index (χ4v) is 2.74. The molecule has 0 aliphatic rings. The highest BCUT2D eigenvalue weighted by molar-refractivity contribution is 8.13. The zero-order valence-corrected chi connectivity index (χ0v) is 12.7. The molecule has 0 heterocycles. The molecule has 2 aromatic rings. The molecule has 1 amide bonds. The highest BCUT2D eigenvalue weighted by Gasteiger charge is 2.12. The van der Waals surface area contributed by atoms with Crippen molar-refractivity contribution in [3.8, 4) is 0 Å². The van der Waals surface area contributed by atoms with Gasteiger partial charge in [-0.2, -0.15) is 0 Å². The van der Waals surface area contributed by atoms with Crippen LogP contribution in [0, 0.1) is 5.82 Å². The van der Waals surface area contributed by atoms with Crippen LogP contribution in [-0.4, -0.2) is 16.3 Å². The van der Waals surface area contributed by atoms with E-state index in [9.17, 15) is 14.0 Å². The number of carboxylic acid groups (broad SMARTS) is 1. The molecule has 0 aliphatic carbocycles. The van der Waals surface area contributed by atoms with Gasteiger partial charge < -0.3 is 10.4 Å². The maximum atomic E-state index is 12.9. The number of rotatable bonds is 4. The lowest BCUT2D eigenvalue weighted by Crippen LogP contribution is -2.10. The van der Waals surface area contributed by atoms with Crippen molar-refractivity contribution in [3.05, 3.63) is 64.4 Å². The summed E-state index contributed by atoms with van der Waals surface area (Å²) >= 11 is 6.79. The van der Waals surface area contributed by atoms with Crippen molar-refractivity contribution >= 4 is 40.3 Å². The predicted molar refractivity (Wildman–Crippen MR) is 85.1 cm³/mol. The molecule has 0 aromatic heterocycles.